The highest BCUT2D eigenvalue weighted by Gasteiger charge is 2.03. The minimum atomic E-state index is 0.599. The van der Waals surface area contributed by atoms with Crippen LogP contribution >= 0.6 is 0 Å². The predicted octanol–water partition coefficient (Wildman–Crippen LogP) is 1.84. The lowest BCUT2D eigenvalue weighted by atomic mass is 10.2. The molecule has 1 aromatic heterocycles. The Morgan fingerprint density at radius 3 is 2.50 bits per heavy atom. The van der Waals surface area contributed by atoms with Crippen LogP contribution < -0.4 is 0 Å². The highest BCUT2D eigenvalue weighted by molar-refractivity contribution is 5.82. The van der Waals surface area contributed by atoms with Gasteiger partial charge >= 0.3 is 0 Å². The highest BCUT2D eigenvalue weighted by atomic mass is 17.0. The molecular weight excluding hydrogens is 132 g/mol. The van der Waals surface area contributed by atoms with Crippen molar-refractivity contribution in [3.8, 4) is 0 Å². The molecule has 0 radical (unpaired) electrons. The molecule has 0 atom stereocenters. The molecule has 0 fully saturated rings. The Hall–Kier alpha value is -1.51. The zero-order valence-electron chi connectivity index (χ0n) is 5.03. The molecule has 3 heteroatoms. The summed E-state index contributed by atoms with van der Waals surface area (Å²) in [6, 6.07) is 5.00. The number of hydrogen-bond donors (Lipinski definition) is 0. The first-order valence-electron chi connectivity index (χ1n) is 2.84. The molecule has 2 rings (SSSR count). The first kappa shape index (κ1) is 5.29. The van der Waals surface area contributed by atoms with Crippen LogP contribution in [0.5, 0.6) is 0 Å². The third kappa shape index (κ3) is 0.572. The fourth-order valence-corrected chi connectivity index (χ4v) is 0.788. The van der Waals surface area contributed by atoms with Gasteiger partial charge in [-0.05, 0) is 12.1 Å². The molecule has 0 amide bonds. The van der Waals surface area contributed by atoms with Gasteiger partial charge < -0.3 is 0 Å². The van der Waals surface area contributed by atoms with Crippen LogP contribution in [-0.4, -0.2) is 6.29 Å². The lowest BCUT2D eigenvalue weighted by molar-refractivity contribution is 0.0588. The van der Waals surface area contributed by atoms with Gasteiger partial charge in [-0.25, -0.2) is 0 Å². The third-order valence-electron chi connectivity index (χ3n) is 1.33. The Morgan fingerprint density at radius 1 is 1.20 bits per heavy atom. The number of rotatable bonds is 1. The van der Waals surface area contributed by atoms with Gasteiger partial charge in [0, 0.05) is 11.6 Å². The van der Waals surface area contributed by atoms with Gasteiger partial charge in [-0.15, -0.1) is 0 Å². The van der Waals surface area contributed by atoms with E-state index >= 15 is 0 Å². The van der Waals surface area contributed by atoms with Crippen molar-refractivity contribution < 1.29 is 13.9 Å². The van der Waals surface area contributed by atoms with Crippen LogP contribution in [0.4, 0.5) is 0 Å². The average Bonchev–Trinajstić information content (AvgIpc) is 1.92. The van der Waals surface area contributed by atoms with E-state index in [-0.39, 0.29) is 0 Å². The van der Waals surface area contributed by atoms with Crippen LogP contribution in [0.2, 0.25) is 0 Å². The van der Waals surface area contributed by atoms with Gasteiger partial charge in [0.1, 0.15) is 6.29 Å². The molecule has 0 aliphatic rings. The van der Waals surface area contributed by atoms with Gasteiger partial charge in [0.25, 0.3) is 0 Å². The third-order valence-corrected chi connectivity index (χ3v) is 1.33. The Bertz CT molecular complexity index is 355. The summed E-state index contributed by atoms with van der Waals surface area (Å²) >= 11 is 0. The first-order chi connectivity index (χ1) is 4.90. The maximum atomic E-state index is 10.2. The molecule has 50 valence electrons. The summed E-state index contributed by atoms with van der Waals surface area (Å²) in [6.45, 7) is 0. The highest BCUT2D eigenvalue weighted by Crippen LogP contribution is 2.18. The molecular formula is C7H4O3. The average molecular weight is 136 g/mol. The van der Waals surface area contributed by atoms with Crippen LogP contribution in [-0.2, 0) is 0 Å². The van der Waals surface area contributed by atoms with Crippen LogP contribution in [0.25, 0.3) is 11.2 Å². The van der Waals surface area contributed by atoms with E-state index in [4.69, 9.17) is 0 Å². The SMILES string of the molecule is O=Cc1ccc2ooc2c1. The summed E-state index contributed by atoms with van der Waals surface area (Å²) in [6.07, 6.45) is 0.766. The van der Waals surface area contributed by atoms with E-state index in [1.54, 1.807) is 18.2 Å². The monoisotopic (exact) mass is 136 g/mol. The molecule has 0 aliphatic carbocycles. The lowest BCUT2D eigenvalue weighted by Gasteiger charge is -1.96. The van der Waals surface area contributed by atoms with Crippen molar-refractivity contribution in [2.45, 2.75) is 0 Å². The van der Waals surface area contributed by atoms with E-state index in [1.165, 1.54) is 0 Å². The van der Waals surface area contributed by atoms with E-state index < -0.39 is 0 Å². The van der Waals surface area contributed by atoms with E-state index in [9.17, 15) is 4.79 Å². The summed E-state index contributed by atoms with van der Waals surface area (Å²) in [5.74, 6) is 0. The van der Waals surface area contributed by atoms with E-state index in [0.717, 1.165) is 6.29 Å². The zero-order chi connectivity index (χ0) is 6.97. The maximum absolute atomic E-state index is 10.2. The molecule has 3 nitrogen and oxygen atoms in total. The number of carbonyl (C=O) groups is 1. The number of hydrogen-bond acceptors (Lipinski definition) is 3. The van der Waals surface area contributed by atoms with E-state index in [1.807, 2.05) is 0 Å². The van der Waals surface area contributed by atoms with Gasteiger partial charge in [-0.2, -0.15) is 0 Å². The standard InChI is InChI=1S/C7H4O3/c8-4-5-1-2-6-7(3-5)10-9-6/h1-4H. The minimum absolute atomic E-state index is 0.599. The Labute approximate surface area is 56.2 Å². The Morgan fingerprint density at radius 2 is 2.00 bits per heavy atom. The smallest absolute Gasteiger partial charge is 0.226 e. The molecule has 0 N–H and O–H groups in total. The molecule has 1 aromatic carbocycles. The fraction of sp³-hybridized carbons (Fsp3) is 0. The predicted molar refractivity (Wildman–Crippen MR) is 33.9 cm³/mol. The summed E-state index contributed by atoms with van der Waals surface area (Å²) < 4.78 is 9.12. The second-order valence-corrected chi connectivity index (χ2v) is 1.99. The van der Waals surface area contributed by atoms with Crippen LogP contribution in [0.15, 0.2) is 27.4 Å². The summed E-state index contributed by atoms with van der Waals surface area (Å²) in [4.78, 5) is 10.2. The number of aldehydes is 1. The van der Waals surface area contributed by atoms with Crippen molar-refractivity contribution in [1.82, 2.24) is 0 Å². The van der Waals surface area contributed by atoms with Crippen LogP contribution in [0.3, 0.4) is 0 Å². The normalized spacial score (nSPS) is 10.4. The second-order valence-electron chi connectivity index (χ2n) is 1.99. The first-order valence-corrected chi connectivity index (χ1v) is 2.84. The van der Waals surface area contributed by atoms with Crippen LogP contribution in [0.1, 0.15) is 10.4 Å². The number of carbonyl (C=O) groups excluding carboxylic acids is 1. The lowest BCUT2D eigenvalue weighted by Crippen LogP contribution is -1.80. The van der Waals surface area contributed by atoms with Gasteiger partial charge in [-0.3, -0.25) is 13.9 Å². The van der Waals surface area contributed by atoms with E-state index in [0.29, 0.717) is 16.7 Å². The molecule has 0 bridgehead atoms. The van der Waals surface area contributed by atoms with Crippen molar-refractivity contribution >= 4 is 17.5 Å². The minimum Gasteiger partial charge on any atom is -0.298 e. The van der Waals surface area contributed by atoms with Gasteiger partial charge in [0.05, 0.1) is 0 Å². The van der Waals surface area contributed by atoms with Crippen molar-refractivity contribution in [3.63, 3.8) is 0 Å². The topological polar surface area (TPSA) is 43.4 Å². The molecule has 1 heterocycles. The summed E-state index contributed by atoms with van der Waals surface area (Å²) in [5, 5.41) is 0. The summed E-state index contributed by atoms with van der Waals surface area (Å²) in [5.41, 5.74) is 1.91. The number of fused-ring (bicyclic) bond motifs is 1. The van der Waals surface area contributed by atoms with Gasteiger partial charge in [-0.1, -0.05) is 0 Å². The van der Waals surface area contributed by atoms with Crippen molar-refractivity contribution in [3.05, 3.63) is 23.8 Å². The van der Waals surface area contributed by atoms with Crippen molar-refractivity contribution in [2.24, 2.45) is 0 Å². The van der Waals surface area contributed by atoms with Crippen LogP contribution in [0, 0.1) is 0 Å². The van der Waals surface area contributed by atoms with Gasteiger partial charge in [0.15, 0.2) is 0 Å². The molecule has 10 heavy (non-hydrogen) atoms. The molecule has 2 aromatic rings. The number of benzene rings is 1. The van der Waals surface area contributed by atoms with E-state index in [2.05, 4.69) is 9.15 Å². The molecule has 0 spiro atoms. The molecule has 0 saturated carbocycles. The van der Waals surface area contributed by atoms with Crippen molar-refractivity contribution in [1.29, 1.82) is 0 Å². The quantitative estimate of drug-likeness (QED) is 0.443. The molecule has 0 saturated heterocycles. The molecule has 0 aliphatic heterocycles. The Balaban J connectivity index is 2.67. The Kier molecular flexibility index (Phi) is 0.917. The summed E-state index contributed by atoms with van der Waals surface area (Å²) in [7, 11) is 0. The zero-order valence-corrected chi connectivity index (χ0v) is 5.03. The second kappa shape index (κ2) is 1.73. The van der Waals surface area contributed by atoms with Gasteiger partial charge in [0.2, 0.25) is 11.2 Å². The fourth-order valence-electron chi connectivity index (χ4n) is 0.788. The largest absolute Gasteiger partial charge is 0.298 e. The van der Waals surface area contributed by atoms with Crippen molar-refractivity contribution in [2.75, 3.05) is 0 Å². The molecule has 0 unspecified atom stereocenters. The maximum Gasteiger partial charge on any atom is 0.226 e.